The summed E-state index contributed by atoms with van der Waals surface area (Å²) in [6.07, 6.45) is 5.61. The van der Waals surface area contributed by atoms with Crippen LogP contribution < -0.4 is 0 Å². The molecule has 0 unspecified atom stereocenters. The molecule has 0 N–H and O–H groups in total. The van der Waals surface area contributed by atoms with Crippen molar-refractivity contribution in [1.29, 1.82) is 0 Å². The molecule has 9 heteroatoms. The van der Waals surface area contributed by atoms with Gasteiger partial charge in [0.05, 0.1) is 24.8 Å². The third-order valence-electron chi connectivity index (χ3n) is 3.15. The Kier molecular flexibility index (Phi) is 4.52. The average molecular weight is 354 g/mol. The second-order valence-corrected chi connectivity index (χ2v) is 5.94. The molecule has 4 nitrogen and oxygen atoms in total. The first-order valence-electron chi connectivity index (χ1n) is 6.76. The monoisotopic (exact) mass is 354 g/mol. The lowest BCUT2D eigenvalue weighted by Crippen LogP contribution is -2.07. The lowest BCUT2D eigenvalue weighted by Gasteiger charge is -2.10. The first kappa shape index (κ1) is 16.4. The van der Waals surface area contributed by atoms with Crippen LogP contribution in [0.15, 0.2) is 53.9 Å². The van der Waals surface area contributed by atoms with E-state index in [4.69, 9.17) is 0 Å². The molecule has 0 atom stereocenters. The Hall–Kier alpha value is -2.42. The van der Waals surface area contributed by atoms with Crippen LogP contribution in [0, 0.1) is 5.82 Å². The van der Waals surface area contributed by atoms with Gasteiger partial charge in [0, 0.05) is 16.9 Å². The Morgan fingerprint density at radius 1 is 1.00 bits per heavy atom. The van der Waals surface area contributed by atoms with Crippen LogP contribution in [0.5, 0.6) is 0 Å². The van der Waals surface area contributed by atoms with E-state index in [0.29, 0.717) is 16.8 Å². The third kappa shape index (κ3) is 3.91. The molecule has 0 saturated heterocycles. The molecule has 0 spiro atoms. The summed E-state index contributed by atoms with van der Waals surface area (Å²) in [5, 5.41) is 7.91. The summed E-state index contributed by atoms with van der Waals surface area (Å²) < 4.78 is 51.2. The molecule has 1 aromatic carbocycles. The smallest absolute Gasteiger partial charge is 0.259 e. The van der Waals surface area contributed by atoms with Crippen molar-refractivity contribution >= 4 is 11.8 Å². The van der Waals surface area contributed by atoms with Gasteiger partial charge in [-0.25, -0.2) is 4.39 Å². The number of alkyl halides is 3. The van der Waals surface area contributed by atoms with Crippen molar-refractivity contribution in [2.45, 2.75) is 16.8 Å². The zero-order chi connectivity index (χ0) is 17.2. The first-order chi connectivity index (χ1) is 11.4. The van der Waals surface area contributed by atoms with E-state index in [1.165, 1.54) is 47.7 Å². The van der Waals surface area contributed by atoms with Crippen molar-refractivity contribution in [2.24, 2.45) is 0 Å². The van der Waals surface area contributed by atoms with Gasteiger partial charge in [0.2, 0.25) is 0 Å². The Morgan fingerprint density at radius 3 is 2.29 bits per heavy atom. The summed E-state index contributed by atoms with van der Waals surface area (Å²) >= 11 is -0.188. The van der Waals surface area contributed by atoms with Crippen LogP contribution in [0.3, 0.4) is 0 Å². The first-order valence-corrected chi connectivity index (χ1v) is 7.58. The number of aromatic nitrogens is 4. The summed E-state index contributed by atoms with van der Waals surface area (Å²) in [6, 6.07) is 5.79. The normalized spacial score (nSPS) is 11.7. The highest BCUT2D eigenvalue weighted by Crippen LogP contribution is 2.36. The Labute approximate surface area is 138 Å². The van der Waals surface area contributed by atoms with Crippen LogP contribution in [0.1, 0.15) is 11.1 Å². The van der Waals surface area contributed by atoms with E-state index in [2.05, 4.69) is 15.2 Å². The number of halogens is 4. The summed E-state index contributed by atoms with van der Waals surface area (Å²) in [7, 11) is 0. The second kappa shape index (κ2) is 6.60. The van der Waals surface area contributed by atoms with Gasteiger partial charge in [-0.3, -0.25) is 4.98 Å². The predicted molar refractivity (Wildman–Crippen MR) is 80.3 cm³/mol. The van der Waals surface area contributed by atoms with E-state index in [-0.39, 0.29) is 23.1 Å². The molecule has 0 saturated carbocycles. The maximum atomic E-state index is 14.1. The Bertz CT molecular complexity index is 816. The number of hydrogen-bond donors (Lipinski definition) is 0. The van der Waals surface area contributed by atoms with Crippen LogP contribution in [-0.4, -0.2) is 25.5 Å². The van der Waals surface area contributed by atoms with Crippen molar-refractivity contribution in [2.75, 3.05) is 0 Å². The number of nitrogens with zero attached hydrogens (tertiary/aromatic N) is 4. The van der Waals surface area contributed by atoms with Gasteiger partial charge in [0.1, 0.15) is 11.5 Å². The molecule has 0 aliphatic rings. The SMILES string of the molecule is Fc1cncc(-n2nccn2)c1Cc1ccc(SC(F)(F)F)cc1. The largest absolute Gasteiger partial charge is 0.446 e. The molecule has 0 bridgehead atoms. The zero-order valence-electron chi connectivity index (χ0n) is 12.0. The molecule has 2 aromatic heterocycles. The molecule has 3 aromatic rings. The van der Waals surface area contributed by atoms with Crippen LogP contribution >= 0.6 is 11.8 Å². The molecular formula is C15H10F4N4S. The summed E-state index contributed by atoms with van der Waals surface area (Å²) in [5.41, 5.74) is -2.97. The summed E-state index contributed by atoms with van der Waals surface area (Å²) in [4.78, 5) is 5.12. The van der Waals surface area contributed by atoms with Crippen molar-refractivity contribution in [3.8, 4) is 5.69 Å². The van der Waals surface area contributed by atoms with Crippen molar-refractivity contribution in [3.63, 3.8) is 0 Å². The topological polar surface area (TPSA) is 43.6 Å². The minimum atomic E-state index is -4.34. The number of benzene rings is 1. The summed E-state index contributed by atoms with van der Waals surface area (Å²) in [6.45, 7) is 0. The molecule has 0 radical (unpaired) electrons. The van der Waals surface area contributed by atoms with Gasteiger partial charge in [0.15, 0.2) is 0 Å². The standard InChI is InChI=1S/C15H10F4N4S/c16-13-8-20-9-14(23-21-5-6-22-23)12(13)7-10-1-3-11(4-2-10)24-15(17,18)19/h1-6,8-9H,7H2. The van der Waals surface area contributed by atoms with Crippen molar-refractivity contribution in [1.82, 2.24) is 20.0 Å². The third-order valence-corrected chi connectivity index (χ3v) is 3.89. The molecule has 3 rings (SSSR count). The highest BCUT2D eigenvalue weighted by atomic mass is 32.2. The number of hydrogen-bond acceptors (Lipinski definition) is 4. The van der Waals surface area contributed by atoms with Gasteiger partial charge in [-0.05, 0) is 29.5 Å². The maximum absolute atomic E-state index is 14.1. The van der Waals surface area contributed by atoms with E-state index in [1.54, 1.807) is 0 Å². The fourth-order valence-corrected chi connectivity index (χ4v) is 2.69. The second-order valence-electron chi connectivity index (χ2n) is 4.81. The van der Waals surface area contributed by atoms with Crippen molar-refractivity contribution in [3.05, 3.63) is 66.0 Å². The zero-order valence-corrected chi connectivity index (χ0v) is 12.9. The molecular weight excluding hydrogens is 344 g/mol. The maximum Gasteiger partial charge on any atom is 0.446 e. The Morgan fingerprint density at radius 2 is 1.67 bits per heavy atom. The van der Waals surface area contributed by atoms with Gasteiger partial charge >= 0.3 is 5.51 Å². The number of pyridine rings is 1. The quantitative estimate of drug-likeness (QED) is 0.525. The van der Waals surface area contributed by atoms with Gasteiger partial charge in [-0.2, -0.15) is 23.4 Å². The molecule has 124 valence electrons. The lowest BCUT2D eigenvalue weighted by molar-refractivity contribution is -0.0328. The molecule has 0 amide bonds. The van der Waals surface area contributed by atoms with E-state index in [1.807, 2.05) is 0 Å². The van der Waals surface area contributed by atoms with Crippen LogP contribution in [0.4, 0.5) is 17.6 Å². The molecule has 0 aliphatic carbocycles. The van der Waals surface area contributed by atoms with Gasteiger partial charge in [-0.15, -0.1) is 4.80 Å². The lowest BCUT2D eigenvalue weighted by atomic mass is 10.0. The van der Waals surface area contributed by atoms with E-state index in [9.17, 15) is 17.6 Å². The van der Waals surface area contributed by atoms with Crippen LogP contribution in [0.25, 0.3) is 5.69 Å². The van der Waals surface area contributed by atoms with Gasteiger partial charge in [-0.1, -0.05) is 12.1 Å². The molecule has 24 heavy (non-hydrogen) atoms. The minimum Gasteiger partial charge on any atom is -0.259 e. The van der Waals surface area contributed by atoms with Crippen LogP contribution in [0.2, 0.25) is 0 Å². The van der Waals surface area contributed by atoms with E-state index in [0.717, 1.165) is 6.20 Å². The molecule has 2 heterocycles. The number of rotatable bonds is 4. The highest BCUT2D eigenvalue weighted by Gasteiger charge is 2.29. The predicted octanol–water partition coefficient (Wildman–Crippen LogP) is 4.00. The Balaban J connectivity index is 1.87. The number of thioether (sulfide) groups is 1. The highest BCUT2D eigenvalue weighted by molar-refractivity contribution is 8.00. The fraction of sp³-hybridized carbons (Fsp3) is 0.133. The van der Waals surface area contributed by atoms with Gasteiger partial charge in [0.25, 0.3) is 0 Å². The van der Waals surface area contributed by atoms with E-state index >= 15 is 0 Å². The molecule has 0 fully saturated rings. The average Bonchev–Trinajstić information content (AvgIpc) is 3.04. The summed E-state index contributed by atoms with van der Waals surface area (Å²) in [5.74, 6) is -0.529. The van der Waals surface area contributed by atoms with E-state index < -0.39 is 11.3 Å². The molecule has 0 aliphatic heterocycles. The minimum absolute atomic E-state index is 0.0791. The van der Waals surface area contributed by atoms with Gasteiger partial charge < -0.3 is 0 Å². The fourth-order valence-electron chi connectivity index (χ4n) is 2.15. The van der Waals surface area contributed by atoms with Crippen LogP contribution in [-0.2, 0) is 6.42 Å². The van der Waals surface area contributed by atoms with Crippen molar-refractivity contribution < 1.29 is 17.6 Å².